The molecule has 0 atom stereocenters. The molecule has 2 heterocycles. The van der Waals surface area contributed by atoms with Crippen LogP contribution in [0.3, 0.4) is 0 Å². The van der Waals surface area contributed by atoms with Crippen molar-refractivity contribution in [1.82, 2.24) is 10.2 Å². The maximum Gasteiger partial charge on any atom is 0.255 e. The van der Waals surface area contributed by atoms with Crippen molar-refractivity contribution in [2.24, 2.45) is 5.73 Å². The number of fused-ring (bicyclic) bond motifs is 1. The maximum atomic E-state index is 13.5. The number of benzene rings is 3. The summed E-state index contributed by atoms with van der Waals surface area (Å²) in [6, 6.07) is 20.6. The lowest BCUT2D eigenvalue weighted by molar-refractivity contribution is -0.130. The monoisotopic (exact) mass is 597 g/mol. The van der Waals surface area contributed by atoms with Crippen molar-refractivity contribution in [1.29, 1.82) is 0 Å². The van der Waals surface area contributed by atoms with Gasteiger partial charge in [0.25, 0.3) is 11.8 Å². The predicted octanol–water partition coefficient (Wildman–Crippen LogP) is 3.95. The van der Waals surface area contributed by atoms with Crippen molar-refractivity contribution >= 4 is 29.1 Å². The summed E-state index contributed by atoms with van der Waals surface area (Å²) in [5.41, 5.74) is 9.27. The number of hydrogen-bond acceptors (Lipinski definition) is 7. The zero-order valence-electron chi connectivity index (χ0n) is 24.8. The van der Waals surface area contributed by atoms with Crippen molar-refractivity contribution in [3.05, 3.63) is 83.4 Å². The van der Waals surface area contributed by atoms with E-state index in [1.165, 1.54) is 0 Å². The van der Waals surface area contributed by atoms with E-state index in [9.17, 15) is 14.4 Å². The molecule has 3 aromatic carbocycles. The third-order valence-corrected chi connectivity index (χ3v) is 8.64. The third kappa shape index (κ3) is 6.97. The summed E-state index contributed by atoms with van der Waals surface area (Å²) in [5.74, 6) is 0.721. The van der Waals surface area contributed by atoms with Gasteiger partial charge in [0.15, 0.2) is 11.5 Å². The van der Waals surface area contributed by atoms with Gasteiger partial charge in [0.2, 0.25) is 12.7 Å². The van der Waals surface area contributed by atoms with E-state index in [0.717, 1.165) is 43.4 Å². The van der Waals surface area contributed by atoms with Gasteiger partial charge in [-0.1, -0.05) is 30.3 Å². The summed E-state index contributed by atoms with van der Waals surface area (Å²) in [6.45, 7) is 2.64. The molecule has 4 N–H and O–H groups in total. The maximum absolute atomic E-state index is 13.5. The standard InChI is InChI=1S/C34H39N5O5/c35-26-9-11-27(12-10-26)36-33(41)24-7-13-29(28(20-24)37-34(42)25-8-14-30-31(21-25)44-22-43-30)38-15-4-16-39(18-17-38)32(40)19-23-5-2-1-3-6-23/h1-3,5-8,13-14,20-21,26-27H,4,9-12,15-19,22,35H2,(H,36,41)(H,37,42). The molecular formula is C34H39N5O5. The van der Waals surface area contributed by atoms with Crippen LogP contribution in [0.15, 0.2) is 66.7 Å². The lowest BCUT2D eigenvalue weighted by Gasteiger charge is -2.28. The van der Waals surface area contributed by atoms with Gasteiger partial charge in [0.05, 0.1) is 17.8 Å². The van der Waals surface area contributed by atoms with Crippen LogP contribution in [0.1, 0.15) is 58.4 Å². The molecule has 230 valence electrons. The first kappa shape index (κ1) is 29.5. The van der Waals surface area contributed by atoms with Crippen molar-refractivity contribution in [2.45, 2.75) is 50.6 Å². The third-order valence-electron chi connectivity index (χ3n) is 8.64. The van der Waals surface area contributed by atoms with Gasteiger partial charge in [-0.3, -0.25) is 14.4 Å². The molecule has 10 nitrogen and oxygen atoms in total. The quantitative estimate of drug-likeness (QED) is 0.377. The SMILES string of the molecule is NC1CCC(NC(=O)c2ccc(N3CCCN(C(=O)Cc4ccccc4)CC3)c(NC(=O)c3ccc4c(c3)OCO4)c2)CC1. The Kier molecular flexibility index (Phi) is 8.97. The van der Waals surface area contributed by atoms with Crippen LogP contribution in [0.25, 0.3) is 0 Å². The number of amides is 3. The highest BCUT2D eigenvalue weighted by molar-refractivity contribution is 6.07. The van der Waals surface area contributed by atoms with E-state index < -0.39 is 0 Å². The molecule has 0 bridgehead atoms. The van der Waals surface area contributed by atoms with E-state index in [0.29, 0.717) is 60.9 Å². The van der Waals surface area contributed by atoms with Crippen LogP contribution in [0, 0.1) is 0 Å². The van der Waals surface area contributed by atoms with Gasteiger partial charge < -0.3 is 35.6 Å². The smallest absolute Gasteiger partial charge is 0.255 e. The normalized spacial score (nSPS) is 19.7. The number of nitrogens with zero attached hydrogens (tertiary/aromatic N) is 2. The van der Waals surface area contributed by atoms with E-state index in [4.69, 9.17) is 15.2 Å². The molecule has 2 aliphatic heterocycles. The van der Waals surface area contributed by atoms with Gasteiger partial charge in [-0.15, -0.1) is 0 Å². The van der Waals surface area contributed by atoms with Crippen LogP contribution in [-0.2, 0) is 11.2 Å². The fourth-order valence-electron chi connectivity index (χ4n) is 6.11. The molecule has 0 aromatic heterocycles. The first-order valence-electron chi connectivity index (χ1n) is 15.4. The van der Waals surface area contributed by atoms with E-state index in [1.807, 2.05) is 41.3 Å². The minimum Gasteiger partial charge on any atom is -0.454 e. The minimum absolute atomic E-state index is 0.0821. The second kappa shape index (κ2) is 13.4. The average Bonchev–Trinajstić information content (AvgIpc) is 3.37. The van der Waals surface area contributed by atoms with Gasteiger partial charge in [-0.25, -0.2) is 0 Å². The summed E-state index contributed by atoms with van der Waals surface area (Å²) in [5, 5.41) is 6.20. The Morgan fingerprint density at radius 1 is 0.795 bits per heavy atom. The Balaban J connectivity index is 1.20. The van der Waals surface area contributed by atoms with Gasteiger partial charge >= 0.3 is 0 Å². The van der Waals surface area contributed by atoms with Crippen molar-refractivity contribution < 1.29 is 23.9 Å². The van der Waals surface area contributed by atoms with Crippen LogP contribution in [-0.4, -0.2) is 67.7 Å². The van der Waals surface area contributed by atoms with Gasteiger partial charge in [0, 0.05) is 49.4 Å². The lowest BCUT2D eigenvalue weighted by Crippen LogP contribution is -2.40. The minimum atomic E-state index is -0.321. The molecule has 1 saturated heterocycles. The van der Waals surface area contributed by atoms with Gasteiger partial charge in [-0.2, -0.15) is 0 Å². The topological polar surface area (TPSA) is 126 Å². The zero-order chi connectivity index (χ0) is 30.5. The van der Waals surface area contributed by atoms with Crippen molar-refractivity contribution in [3.63, 3.8) is 0 Å². The number of hydrogen-bond donors (Lipinski definition) is 3. The highest BCUT2D eigenvalue weighted by Gasteiger charge is 2.25. The highest BCUT2D eigenvalue weighted by atomic mass is 16.7. The molecule has 1 saturated carbocycles. The molecule has 2 fully saturated rings. The first-order chi connectivity index (χ1) is 21.4. The molecule has 10 heteroatoms. The molecule has 0 unspecified atom stereocenters. The Morgan fingerprint density at radius 3 is 2.36 bits per heavy atom. The van der Waals surface area contributed by atoms with Crippen LogP contribution in [0.4, 0.5) is 11.4 Å². The van der Waals surface area contributed by atoms with E-state index in [1.54, 1.807) is 30.3 Å². The number of rotatable bonds is 7. The van der Waals surface area contributed by atoms with Crippen LogP contribution in [0.5, 0.6) is 11.5 Å². The van der Waals surface area contributed by atoms with Crippen molar-refractivity contribution in [2.75, 3.05) is 43.2 Å². The van der Waals surface area contributed by atoms with Crippen molar-refractivity contribution in [3.8, 4) is 11.5 Å². The highest BCUT2D eigenvalue weighted by Crippen LogP contribution is 2.34. The molecule has 3 amide bonds. The fourth-order valence-corrected chi connectivity index (χ4v) is 6.11. The van der Waals surface area contributed by atoms with E-state index >= 15 is 0 Å². The molecule has 3 aliphatic rings. The Morgan fingerprint density at radius 2 is 1.55 bits per heavy atom. The molecule has 0 spiro atoms. The fraction of sp³-hybridized carbons (Fsp3) is 0.382. The van der Waals surface area contributed by atoms with E-state index in [-0.39, 0.29) is 36.6 Å². The number of anilines is 2. The molecule has 3 aromatic rings. The largest absolute Gasteiger partial charge is 0.454 e. The zero-order valence-corrected chi connectivity index (χ0v) is 24.8. The molecule has 1 aliphatic carbocycles. The number of carbonyl (C=O) groups is 3. The summed E-state index contributed by atoms with van der Waals surface area (Å²) in [4.78, 5) is 43.9. The Bertz CT molecular complexity index is 1510. The molecule has 6 rings (SSSR count). The average molecular weight is 598 g/mol. The molecule has 44 heavy (non-hydrogen) atoms. The Labute approximate surface area is 257 Å². The van der Waals surface area contributed by atoms with Crippen LogP contribution in [0.2, 0.25) is 0 Å². The summed E-state index contributed by atoms with van der Waals surface area (Å²) in [7, 11) is 0. The second-order valence-electron chi connectivity index (χ2n) is 11.7. The van der Waals surface area contributed by atoms with Crippen LogP contribution < -0.4 is 30.7 Å². The summed E-state index contributed by atoms with van der Waals surface area (Å²) >= 11 is 0. The number of ether oxygens (including phenoxy) is 2. The summed E-state index contributed by atoms with van der Waals surface area (Å²) in [6.07, 6.45) is 4.63. The number of nitrogens with two attached hydrogens (primary N) is 1. The lowest BCUT2D eigenvalue weighted by atomic mass is 9.91. The predicted molar refractivity (Wildman–Crippen MR) is 168 cm³/mol. The Hall–Kier alpha value is -4.57. The second-order valence-corrected chi connectivity index (χ2v) is 11.7. The van der Waals surface area contributed by atoms with E-state index in [2.05, 4.69) is 15.5 Å². The van der Waals surface area contributed by atoms with Gasteiger partial charge in [0.1, 0.15) is 0 Å². The summed E-state index contributed by atoms with van der Waals surface area (Å²) < 4.78 is 10.9. The molecule has 0 radical (unpaired) electrons. The van der Waals surface area contributed by atoms with Crippen LogP contribution >= 0.6 is 0 Å². The first-order valence-corrected chi connectivity index (χ1v) is 15.4. The number of carbonyl (C=O) groups excluding carboxylic acids is 3. The molecular weight excluding hydrogens is 558 g/mol. The van der Waals surface area contributed by atoms with Gasteiger partial charge in [-0.05, 0) is 74.1 Å². The number of nitrogens with one attached hydrogen (secondary N) is 2.